The summed E-state index contributed by atoms with van der Waals surface area (Å²) in [5.41, 5.74) is 4.73. The van der Waals surface area contributed by atoms with Gasteiger partial charge in [0.25, 0.3) is 0 Å². The Morgan fingerprint density at radius 1 is 0.889 bits per heavy atom. The molecule has 0 saturated carbocycles. The first-order chi connectivity index (χ1) is 13.1. The molecule has 0 aliphatic rings. The van der Waals surface area contributed by atoms with Crippen molar-refractivity contribution in [1.29, 1.82) is 0 Å². The van der Waals surface area contributed by atoms with Crippen molar-refractivity contribution in [1.82, 2.24) is 14.6 Å². The van der Waals surface area contributed by atoms with Crippen molar-refractivity contribution in [2.45, 2.75) is 24.3 Å². The van der Waals surface area contributed by atoms with Crippen molar-refractivity contribution in [3.8, 4) is 0 Å². The molecule has 2 aromatic heterocycles. The smallest absolute Gasteiger partial charge is 0.196 e. The largest absolute Gasteiger partial charge is 0.293 e. The van der Waals surface area contributed by atoms with E-state index in [0.717, 1.165) is 16.8 Å². The molecule has 2 heterocycles. The predicted molar refractivity (Wildman–Crippen MR) is 108 cm³/mol. The fraction of sp³-hybridized carbons (Fsp3) is 0.136. The van der Waals surface area contributed by atoms with Gasteiger partial charge in [-0.3, -0.25) is 9.20 Å². The highest BCUT2D eigenvalue weighted by molar-refractivity contribution is 8.00. The monoisotopic (exact) mass is 373 g/mol. The number of hydrogen-bond acceptors (Lipinski definition) is 4. The number of aryl methyl sites for hydroxylation is 2. The van der Waals surface area contributed by atoms with Crippen molar-refractivity contribution in [2.24, 2.45) is 0 Å². The van der Waals surface area contributed by atoms with Gasteiger partial charge in [0.15, 0.2) is 16.6 Å². The summed E-state index contributed by atoms with van der Waals surface area (Å²) in [6, 6.07) is 21.6. The summed E-state index contributed by atoms with van der Waals surface area (Å²) in [5.74, 6) is 0.0662. The SMILES string of the molecule is Cc1ccc(C(=O)[C@H](Sc2nnc3ccccn23)c2ccc(C)cc2)cc1. The van der Waals surface area contributed by atoms with Crippen LogP contribution in [0.5, 0.6) is 0 Å². The molecule has 134 valence electrons. The number of nitrogens with zero attached hydrogens (tertiary/aromatic N) is 3. The lowest BCUT2D eigenvalue weighted by atomic mass is 10.0. The van der Waals surface area contributed by atoms with Gasteiger partial charge in [0, 0.05) is 11.8 Å². The minimum Gasteiger partial charge on any atom is -0.293 e. The van der Waals surface area contributed by atoms with E-state index in [-0.39, 0.29) is 11.0 Å². The second kappa shape index (κ2) is 7.37. The average molecular weight is 373 g/mol. The van der Waals surface area contributed by atoms with Crippen molar-refractivity contribution in [3.05, 3.63) is 95.2 Å². The Balaban J connectivity index is 1.74. The van der Waals surface area contributed by atoms with Crippen LogP contribution in [-0.4, -0.2) is 20.4 Å². The van der Waals surface area contributed by atoms with E-state index in [9.17, 15) is 4.79 Å². The lowest BCUT2D eigenvalue weighted by Gasteiger charge is -2.15. The molecule has 2 aromatic carbocycles. The standard InChI is InChI=1S/C22H19N3OS/c1-15-6-10-17(11-7-15)20(26)21(18-12-8-16(2)9-13-18)27-22-24-23-19-5-3-4-14-25(19)22/h3-14,21H,1-2H3/t21-/m1/s1. The number of thioether (sulfide) groups is 1. The van der Waals surface area contributed by atoms with Gasteiger partial charge in [-0.1, -0.05) is 77.5 Å². The number of rotatable bonds is 5. The van der Waals surface area contributed by atoms with Crippen LogP contribution in [0.3, 0.4) is 0 Å². The number of fused-ring (bicyclic) bond motifs is 1. The van der Waals surface area contributed by atoms with Crippen LogP contribution in [0.15, 0.2) is 78.1 Å². The Bertz CT molecular complexity index is 1080. The highest BCUT2D eigenvalue weighted by Gasteiger charge is 2.25. The summed E-state index contributed by atoms with van der Waals surface area (Å²) >= 11 is 1.43. The number of carbonyl (C=O) groups is 1. The molecule has 1 atom stereocenters. The fourth-order valence-corrected chi connectivity index (χ4v) is 3.99. The molecule has 0 saturated heterocycles. The van der Waals surface area contributed by atoms with Crippen molar-refractivity contribution in [2.75, 3.05) is 0 Å². The van der Waals surface area contributed by atoms with E-state index >= 15 is 0 Å². The van der Waals surface area contributed by atoms with Gasteiger partial charge >= 0.3 is 0 Å². The van der Waals surface area contributed by atoms with Crippen molar-refractivity contribution in [3.63, 3.8) is 0 Å². The third-order valence-electron chi connectivity index (χ3n) is 4.46. The Hall–Kier alpha value is -2.92. The molecule has 0 radical (unpaired) electrons. The number of ketones is 1. The van der Waals surface area contributed by atoms with E-state index in [1.165, 1.54) is 17.3 Å². The van der Waals surface area contributed by atoms with E-state index in [1.807, 2.05) is 91.2 Å². The number of aromatic nitrogens is 3. The van der Waals surface area contributed by atoms with Crippen LogP contribution in [0.1, 0.15) is 32.3 Å². The molecule has 0 bridgehead atoms. The van der Waals surface area contributed by atoms with Gasteiger partial charge in [-0.25, -0.2) is 0 Å². The van der Waals surface area contributed by atoms with Crippen LogP contribution in [0.2, 0.25) is 0 Å². The topological polar surface area (TPSA) is 47.3 Å². The third kappa shape index (κ3) is 3.64. The van der Waals surface area contributed by atoms with Crippen LogP contribution >= 0.6 is 11.8 Å². The zero-order valence-electron chi connectivity index (χ0n) is 15.2. The van der Waals surface area contributed by atoms with Gasteiger partial charge in [0.2, 0.25) is 0 Å². The summed E-state index contributed by atoms with van der Waals surface area (Å²) in [6.07, 6.45) is 1.92. The zero-order valence-corrected chi connectivity index (χ0v) is 16.0. The van der Waals surface area contributed by atoms with Crippen LogP contribution in [0.4, 0.5) is 0 Å². The van der Waals surface area contributed by atoms with Gasteiger partial charge in [-0.05, 0) is 31.5 Å². The van der Waals surface area contributed by atoms with Crippen molar-refractivity contribution >= 4 is 23.2 Å². The Kier molecular flexibility index (Phi) is 4.77. The first-order valence-corrected chi connectivity index (χ1v) is 9.63. The number of carbonyl (C=O) groups excluding carboxylic acids is 1. The predicted octanol–water partition coefficient (Wildman–Crippen LogP) is 5.06. The summed E-state index contributed by atoms with van der Waals surface area (Å²) in [5, 5.41) is 8.81. The molecule has 0 aliphatic carbocycles. The molecule has 0 spiro atoms. The zero-order chi connectivity index (χ0) is 18.8. The highest BCUT2D eigenvalue weighted by Crippen LogP contribution is 2.37. The molecule has 5 heteroatoms. The molecule has 4 rings (SSSR count). The molecule has 0 amide bonds. The van der Waals surface area contributed by atoms with E-state index in [1.54, 1.807) is 0 Å². The molecule has 0 N–H and O–H groups in total. The Morgan fingerprint density at radius 3 is 2.26 bits per heavy atom. The molecule has 4 nitrogen and oxygen atoms in total. The number of hydrogen-bond donors (Lipinski definition) is 0. The van der Waals surface area contributed by atoms with Crippen LogP contribution in [-0.2, 0) is 0 Å². The van der Waals surface area contributed by atoms with Crippen LogP contribution < -0.4 is 0 Å². The van der Waals surface area contributed by atoms with E-state index in [0.29, 0.717) is 10.7 Å². The molecular formula is C22H19N3OS. The third-order valence-corrected chi connectivity index (χ3v) is 5.67. The normalized spacial score (nSPS) is 12.2. The number of Topliss-reactive ketones (excluding diaryl/α,β-unsaturated/α-hetero) is 1. The van der Waals surface area contributed by atoms with Gasteiger partial charge in [0.1, 0.15) is 5.25 Å². The molecular weight excluding hydrogens is 354 g/mol. The summed E-state index contributed by atoms with van der Waals surface area (Å²) in [6.45, 7) is 4.06. The molecule has 0 fully saturated rings. The van der Waals surface area contributed by atoms with Gasteiger partial charge < -0.3 is 0 Å². The molecule has 0 unspecified atom stereocenters. The lowest BCUT2D eigenvalue weighted by molar-refractivity contribution is 0.0989. The first kappa shape index (κ1) is 17.5. The minimum absolute atomic E-state index is 0.0662. The maximum atomic E-state index is 13.3. The minimum atomic E-state index is -0.388. The van der Waals surface area contributed by atoms with Crippen LogP contribution in [0, 0.1) is 13.8 Å². The van der Waals surface area contributed by atoms with Gasteiger partial charge in [-0.15, -0.1) is 10.2 Å². The van der Waals surface area contributed by atoms with E-state index in [4.69, 9.17) is 0 Å². The lowest BCUT2D eigenvalue weighted by Crippen LogP contribution is -2.11. The second-order valence-electron chi connectivity index (χ2n) is 6.55. The molecule has 27 heavy (non-hydrogen) atoms. The van der Waals surface area contributed by atoms with Gasteiger partial charge in [-0.2, -0.15) is 0 Å². The maximum Gasteiger partial charge on any atom is 0.196 e. The van der Waals surface area contributed by atoms with E-state index < -0.39 is 0 Å². The maximum absolute atomic E-state index is 13.3. The Morgan fingerprint density at radius 2 is 1.56 bits per heavy atom. The van der Waals surface area contributed by atoms with Crippen molar-refractivity contribution < 1.29 is 4.79 Å². The summed E-state index contributed by atoms with van der Waals surface area (Å²) < 4.78 is 1.91. The first-order valence-electron chi connectivity index (χ1n) is 8.76. The molecule has 4 aromatic rings. The number of pyridine rings is 1. The van der Waals surface area contributed by atoms with E-state index in [2.05, 4.69) is 10.2 Å². The highest BCUT2D eigenvalue weighted by atomic mass is 32.2. The second-order valence-corrected chi connectivity index (χ2v) is 7.62. The quantitative estimate of drug-likeness (QED) is 0.362. The summed E-state index contributed by atoms with van der Waals surface area (Å²) in [4.78, 5) is 13.3. The molecule has 0 aliphatic heterocycles. The number of benzene rings is 2. The fourth-order valence-electron chi connectivity index (χ4n) is 2.89. The Labute approximate surface area is 162 Å². The average Bonchev–Trinajstić information content (AvgIpc) is 3.10. The van der Waals surface area contributed by atoms with Gasteiger partial charge in [0.05, 0.1) is 0 Å². The van der Waals surface area contributed by atoms with Crippen LogP contribution in [0.25, 0.3) is 5.65 Å². The summed E-state index contributed by atoms with van der Waals surface area (Å²) in [7, 11) is 0.